The second kappa shape index (κ2) is 7.11. The summed E-state index contributed by atoms with van der Waals surface area (Å²) in [6, 6.07) is 11.1. The number of carbonyl (C=O) groups is 2. The molecule has 0 radical (unpaired) electrons. The van der Waals surface area contributed by atoms with Crippen molar-refractivity contribution in [1.29, 1.82) is 0 Å². The molecule has 2 aromatic rings. The zero-order valence-electron chi connectivity index (χ0n) is 14.4. The lowest BCUT2D eigenvalue weighted by atomic mass is 10.2. The molecule has 1 saturated heterocycles. The molecule has 1 aliphatic heterocycles. The highest BCUT2D eigenvalue weighted by Crippen LogP contribution is 2.41. The van der Waals surface area contributed by atoms with Gasteiger partial charge in [0.1, 0.15) is 0 Å². The van der Waals surface area contributed by atoms with E-state index in [4.69, 9.17) is 0 Å². The monoisotopic (exact) mass is 351 g/mol. The molecule has 2 amide bonds. The van der Waals surface area contributed by atoms with Crippen molar-refractivity contribution in [2.45, 2.75) is 6.42 Å². The van der Waals surface area contributed by atoms with Crippen molar-refractivity contribution in [1.82, 2.24) is 14.9 Å². The first-order valence-corrected chi connectivity index (χ1v) is 8.89. The molecule has 0 spiro atoms. The highest BCUT2D eigenvalue weighted by Gasteiger charge is 2.49. The first-order valence-electron chi connectivity index (χ1n) is 8.89. The molecule has 2 unspecified atom stereocenters. The average Bonchev–Trinajstić information content (AvgIpc) is 3.50. The lowest BCUT2D eigenvalue weighted by Gasteiger charge is -2.34. The Kier molecular flexibility index (Phi) is 4.51. The third-order valence-corrected chi connectivity index (χ3v) is 4.91. The lowest BCUT2D eigenvalue weighted by Crippen LogP contribution is -2.50. The van der Waals surface area contributed by atoms with Gasteiger partial charge in [0.15, 0.2) is 0 Å². The summed E-state index contributed by atoms with van der Waals surface area (Å²) < 4.78 is 0. The van der Waals surface area contributed by atoms with E-state index in [2.05, 4.69) is 20.2 Å². The van der Waals surface area contributed by atoms with Crippen LogP contribution in [0, 0.1) is 11.8 Å². The molecule has 2 heterocycles. The minimum absolute atomic E-state index is 0.0640. The highest BCUT2D eigenvalue weighted by molar-refractivity contribution is 5.99. The number of nitrogens with zero attached hydrogens (tertiary/aromatic N) is 4. The van der Waals surface area contributed by atoms with E-state index in [1.54, 1.807) is 18.5 Å². The standard InChI is InChI=1S/C19H21N5O2/c25-17(22-14-5-2-1-3-6-14)15-13-16(15)18(26)23-9-11-24(12-10-23)19-20-7-4-8-21-19/h1-8,15-16H,9-13H2,(H,22,25). The highest BCUT2D eigenvalue weighted by atomic mass is 16.2. The van der Waals surface area contributed by atoms with Crippen LogP contribution in [0.5, 0.6) is 0 Å². The van der Waals surface area contributed by atoms with E-state index in [0.717, 1.165) is 5.69 Å². The number of hydrogen-bond acceptors (Lipinski definition) is 5. The second-order valence-corrected chi connectivity index (χ2v) is 6.67. The molecule has 2 atom stereocenters. The van der Waals surface area contributed by atoms with Crippen LogP contribution in [0.15, 0.2) is 48.8 Å². The molecule has 7 heteroatoms. The van der Waals surface area contributed by atoms with Gasteiger partial charge in [0.05, 0.1) is 11.8 Å². The van der Waals surface area contributed by atoms with Crippen molar-refractivity contribution in [3.05, 3.63) is 48.8 Å². The average molecular weight is 351 g/mol. The number of hydrogen-bond donors (Lipinski definition) is 1. The molecule has 1 aliphatic carbocycles. The van der Waals surface area contributed by atoms with Gasteiger partial charge in [-0.3, -0.25) is 9.59 Å². The summed E-state index contributed by atoms with van der Waals surface area (Å²) in [6.45, 7) is 2.70. The normalized spacial score (nSPS) is 22.0. The largest absolute Gasteiger partial charge is 0.339 e. The maximum Gasteiger partial charge on any atom is 0.228 e. The van der Waals surface area contributed by atoms with Crippen LogP contribution in [-0.4, -0.2) is 52.9 Å². The van der Waals surface area contributed by atoms with Crippen molar-refractivity contribution in [3.63, 3.8) is 0 Å². The summed E-state index contributed by atoms with van der Waals surface area (Å²) in [5, 5.41) is 2.89. The van der Waals surface area contributed by atoms with Crippen LogP contribution in [-0.2, 0) is 9.59 Å². The predicted molar refractivity (Wildman–Crippen MR) is 97.5 cm³/mol. The minimum atomic E-state index is -0.210. The Morgan fingerprint density at radius 1 is 0.923 bits per heavy atom. The lowest BCUT2D eigenvalue weighted by molar-refractivity contribution is -0.134. The molecule has 0 bridgehead atoms. The van der Waals surface area contributed by atoms with Gasteiger partial charge >= 0.3 is 0 Å². The summed E-state index contributed by atoms with van der Waals surface area (Å²) in [7, 11) is 0. The van der Waals surface area contributed by atoms with Gasteiger partial charge in [0.25, 0.3) is 0 Å². The number of anilines is 2. The van der Waals surface area contributed by atoms with E-state index in [1.165, 1.54) is 0 Å². The molecule has 1 N–H and O–H groups in total. The Morgan fingerprint density at radius 3 is 2.31 bits per heavy atom. The number of para-hydroxylation sites is 1. The molecular weight excluding hydrogens is 330 g/mol. The Labute approximate surface area is 152 Å². The third kappa shape index (κ3) is 3.51. The summed E-state index contributed by atoms with van der Waals surface area (Å²) in [4.78, 5) is 37.4. The van der Waals surface area contributed by atoms with Gasteiger partial charge in [0, 0.05) is 44.3 Å². The van der Waals surface area contributed by atoms with Crippen LogP contribution in [0.25, 0.3) is 0 Å². The maximum absolute atomic E-state index is 12.7. The summed E-state index contributed by atoms with van der Waals surface area (Å²) in [5.74, 6) is 0.334. The van der Waals surface area contributed by atoms with Crippen LogP contribution in [0.1, 0.15) is 6.42 Å². The minimum Gasteiger partial charge on any atom is -0.339 e. The van der Waals surface area contributed by atoms with Crippen molar-refractivity contribution < 1.29 is 9.59 Å². The fourth-order valence-corrected chi connectivity index (χ4v) is 3.33. The smallest absolute Gasteiger partial charge is 0.228 e. The van der Waals surface area contributed by atoms with E-state index in [9.17, 15) is 9.59 Å². The zero-order valence-corrected chi connectivity index (χ0v) is 14.4. The van der Waals surface area contributed by atoms with E-state index in [-0.39, 0.29) is 23.7 Å². The van der Waals surface area contributed by atoms with Crippen LogP contribution in [0.4, 0.5) is 11.6 Å². The number of nitrogens with one attached hydrogen (secondary N) is 1. The van der Waals surface area contributed by atoms with Crippen molar-refractivity contribution >= 4 is 23.5 Å². The van der Waals surface area contributed by atoms with E-state index < -0.39 is 0 Å². The molecule has 4 rings (SSSR count). The zero-order chi connectivity index (χ0) is 17.9. The van der Waals surface area contributed by atoms with Gasteiger partial charge in [-0.15, -0.1) is 0 Å². The fraction of sp³-hybridized carbons (Fsp3) is 0.368. The first kappa shape index (κ1) is 16.5. The number of rotatable bonds is 4. The van der Waals surface area contributed by atoms with Gasteiger partial charge in [-0.2, -0.15) is 0 Å². The van der Waals surface area contributed by atoms with Gasteiger partial charge in [-0.05, 0) is 24.6 Å². The number of aromatic nitrogens is 2. The summed E-state index contributed by atoms with van der Waals surface area (Å²) in [6.07, 6.45) is 4.08. The second-order valence-electron chi connectivity index (χ2n) is 6.67. The Balaban J connectivity index is 1.28. The molecule has 26 heavy (non-hydrogen) atoms. The van der Waals surface area contributed by atoms with E-state index in [0.29, 0.717) is 38.5 Å². The van der Waals surface area contributed by atoms with E-state index >= 15 is 0 Å². The van der Waals surface area contributed by atoms with Gasteiger partial charge in [0.2, 0.25) is 17.8 Å². The van der Waals surface area contributed by atoms with Crippen LogP contribution < -0.4 is 10.2 Å². The van der Waals surface area contributed by atoms with Crippen molar-refractivity contribution in [3.8, 4) is 0 Å². The molecule has 2 fully saturated rings. The number of piperazine rings is 1. The quantitative estimate of drug-likeness (QED) is 0.901. The number of benzene rings is 1. The fourth-order valence-electron chi connectivity index (χ4n) is 3.33. The summed E-state index contributed by atoms with van der Waals surface area (Å²) >= 11 is 0. The van der Waals surface area contributed by atoms with E-state index in [1.807, 2.05) is 35.2 Å². The molecule has 1 aromatic carbocycles. The molecule has 1 saturated carbocycles. The first-order chi connectivity index (χ1) is 12.7. The van der Waals surface area contributed by atoms with Crippen LogP contribution in [0.2, 0.25) is 0 Å². The SMILES string of the molecule is O=C(Nc1ccccc1)C1CC1C(=O)N1CCN(c2ncccn2)CC1. The topological polar surface area (TPSA) is 78.4 Å². The van der Waals surface area contributed by atoms with Crippen LogP contribution in [0.3, 0.4) is 0 Å². The van der Waals surface area contributed by atoms with Crippen LogP contribution >= 0.6 is 0 Å². The van der Waals surface area contributed by atoms with Gasteiger partial charge < -0.3 is 15.1 Å². The molecule has 2 aliphatic rings. The predicted octanol–water partition coefficient (Wildman–Crippen LogP) is 1.40. The Hall–Kier alpha value is -2.96. The molecule has 7 nitrogen and oxygen atoms in total. The molecule has 134 valence electrons. The maximum atomic E-state index is 12.7. The van der Waals surface area contributed by atoms with Gasteiger partial charge in [-0.25, -0.2) is 9.97 Å². The Morgan fingerprint density at radius 2 is 1.62 bits per heavy atom. The molecule has 1 aromatic heterocycles. The van der Waals surface area contributed by atoms with Crippen molar-refractivity contribution in [2.24, 2.45) is 11.8 Å². The molecular formula is C19H21N5O2. The van der Waals surface area contributed by atoms with Gasteiger partial charge in [-0.1, -0.05) is 18.2 Å². The third-order valence-electron chi connectivity index (χ3n) is 4.91. The number of carbonyl (C=O) groups excluding carboxylic acids is 2. The van der Waals surface area contributed by atoms with Crippen molar-refractivity contribution in [2.75, 3.05) is 36.4 Å². The Bertz CT molecular complexity index is 775. The number of amides is 2. The summed E-state index contributed by atoms with van der Waals surface area (Å²) in [5.41, 5.74) is 0.770.